The summed E-state index contributed by atoms with van der Waals surface area (Å²) in [6.45, 7) is 0. The molecule has 2 rings (SSSR count). The topological polar surface area (TPSA) is 75.5 Å². The summed E-state index contributed by atoms with van der Waals surface area (Å²) in [7, 11) is 0. The summed E-state index contributed by atoms with van der Waals surface area (Å²) in [6.07, 6.45) is -0.792. The molecule has 2 N–H and O–H groups in total. The molecule has 0 unspecified atom stereocenters. The third-order valence-electron chi connectivity index (χ3n) is 2.26. The van der Waals surface area contributed by atoms with Gasteiger partial charge in [0.1, 0.15) is 11.3 Å². The maximum Gasteiger partial charge on any atom is 0.317 e. The molecule has 10 heteroatoms. The normalized spacial score (nSPS) is 10.8. The lowest BCUT2D eigenvalue weighted by Crippen LogP contribution is -2.44. The van der Waals surface area contributed by atoms with Gasteiger partial charge in [-0.05, 0) is 22.0 Å². The SMILES string of the molecule is O=C(NNC(=O)C(F)F)c1ncc2c(F)cc(Br)cn12. The summed E-state index contributed by atoms with van der Waals surface area (Å²) in [6, 6.07) is 1.18. The fourth-order valence-corrected chi connectivity index (χ4v) is 1.83. The molecule has 0 atom stereocenters. The van der Waals surface area contributed by atoms with E-state index in [9.17, 15) is 22.8 Å². The highest BCUT2D eigenvalue weighted by Crippen LogP contribution is 2.17. The lowest BCUT2D eigenvalue weighted by atomic mass is 10.4. The molecule has 106 valence electrons. The van der Waals surface area contributed by atoms with Crippen molar-refractivity contribution in [1.29, 1.82) is 0 Å². The third-order valence-corrected chi connectivity index (χ3v) is 2.69. The van der Waals surface area contributed by atoms with E-state index in [2.05, 4.69) is 20.9 Å². The van der Waals surface area contributed by atoms with Crippen molar-refractivity contribution in [2.45, 2.75) is 6.43 Å². The number of carbonyl (C=O) groups is 2. The van der Waals surface area contributed by atoms with Gasteiger partial charge in [0.2, 0.25) is 5.82 Å². The van der Waals surface area contributed by atoms with Crippen LogP contribution < -0.4 is 10.9 Å². The fraction of sp³-hybridized carbons (Fsp3) is 0.100. The van der Waals surface area contributed by atoms with Crippen molar-refractivity contribution >= 4 is 33.3 Å². The quantitative estimate of drug-likeness (QED) is 0.800. The van der Waals surface area contributed by atoms with Gasteiger partial charge in [0, 0.05) is 10.7 Å². The Morgan fingerprint density at radius 3 is 2.70 bits per heavy atom. The van der Waals surface area contributed by atoms with Crippen molar-refractivity contribution in [3.05, 3.63) is 34.6 Å². The van der Waals surface area contributed by atoms with Crippen LogP contribution in [0.25, 0.3) is 5.52 Å². The summed E-state index contributed by atoms with van der Waals surface area (Å²) in [5, 5.41) is 0. The van der Waals surface area contributed by atoms with Gasteiger partial charge in [0.15, 0.2) is 0 Å². The van der Waals surface area contributed by atoms with Crippen LogP contribution in [0.5, 0.6) is 0 Å². The highest BCUT2D eigenvalue weighted by molar-refractivity contribution is 9.10. The van der Waals surface area contributed by atoms with E-state index in [1.54, 1.807) is 5.43 Å². The molecule has 0 aliphatic carbocycles. The predicted molar refractivity (Wildman–Crippen MR) is 64.5 cm³/mol. The van der Waals surface area contributed by atoms with Gasteiger partial charge in [-0.1, -0.05) is 0 Å². The van der Waals surface area contributed by atoms with Crippen LogP contribution in [0.1, 0.15) is 10.6 Å². The molecule has 2 heterocycles. The van der Waals surface area contributed by atoms with E-state index in [0.29, 0.717) is 4.47 Å². The minimum absolute atomic E-state index is 0.0264. The molecule has 20 heavy (non-hydrogen) atoms. The van der Waals surface area contributed by atoms with Gasteiger partial charge < -0.3 is 0 Å². The van der Waals surface area contributed by atoms with E-state index < -0.39 is 24.1 Å². The maximum absolute atomic E-state index is 13.6. The smallest absolute Gasteiger partial charge is 0.292 e. The number of fused-ring (bicyclic) bond motifs is 1. The molecule has 2 aromatic heterocycles. The van der Waals surface area contributed by atoms with Crippen molar-refractivity contribution in [1.82, 2.24) is 20.2 Å². The molecule has 0 aromatic carbocycles. The van der Waals surface area contributed by atoms with Gasteiger partial charge in [-0.25, -0.2) is 9.37 Å². The number of rotatable bonds is 2. The number of nitrogens with one attached hydrogen (secondary N) is 2. The van der Waals surface area contributed by atoms with Crippen molar-refractivity contribution in [2.75, 3.05) is 0 Å². The Morgan fingerprint density at radius 1 is 1.35 bits per heavy atom. The van der Waals surface area contributed by atoms with Crippen molar-refractivity contribution in [3.8, 4) is 0 Å². The standard InChI is InChI=1S/C10H6BrF3N4O2/c11-4-1-5(12)6-2-15-8(18(6)3-4)10(20)17-16-9(19)7(13)14/h1-3,7H,(H,16,19)(H,17,20). The van der Waals surface area contributed by atoms with Gasteiger partial charge in [0.25, 0.3) is 0 Å². The fourth-order valence-electron chi connectivity index (χ4n) is 1.42. The average Bonchev–Trinajstić information content (AvgIpc) is 2.79. The minimum Gasteiger partial charge on any atom is -0.292 e. The van der Waals surface area contributed by atoms with Crippen molar-refractivity contribution < 1.29 is 22.8 Å². The van der Waals surface area contributed by atoms with Gasteiger partial charge >= 0.3 is 18.2 Å². The van der Waals surface area contributed by atoms with Crippen LogP contribution in [-0.4, -0.2) is 27.6 Å². The lowest BCUT2D eigenvalue weighted by molar-refractivity contribution is -0.132. The molecule has 0 saturated heterocycles. The van der Waals surface area contributed by atoms with Crippen molar-refractivity contribution in [3.63, 3.8) is 0 Å². The van der Waals surface area contributed by atoms with Gasteiger partial charge in [-0.2, -0.15) is 8.78 Å². The highest BCUT2D eigenvalue weighted by atomic mass is 79.9. The van der Waals surface area contributed by atoms with Crippen molar-refractivity contribution in [2.24, 2.45) is 0 Å². The molecule has 6 nitrogen and oxygen atoms in total. The summed E-state index contributed by atoms with van der Waals surface area (Å²) >= 11 is 3.04. The van der Waals surface area contributed by atoms with Crippen LogP contribution in [0, 0.1) is 5.82 Å². The second-order valence-electron chi connectivity index (χ2n) is 3.59. The van der Waals surface area contributed by atoms with Crippen LogP contribution in [-0.2, 0) is 4.79 Å². The van der Waals surface area contributed by atoms with E-state index in [-0.39, 0.29) is 11.3 Å². The Balaban J connectivity index is 2.25. The molecule has 0 aliphatic heterocycles. The zero-order valence-electron chi connectivity index (χ0n) is 9.53. The van der Waals surface area contributed by atoms with Gasteiger partial charge in [-0.3, -0.25) is 24.8 Å². The number of amides is 2. The molecule has 0 spiro atoms. The van der Waals surface area contributed by atoms with Crippen LogP contribution in [0.3, 0.4) is 0 Å². The zero-order chi connectivity index (χ0) is 14.9. The first-order valence-electron chi connectivity index (χ1n) is 5.10. The Morgan fingerprint density at radius 2 is 2.05 bits per heavy atom. The Bertz CT molecular complexity index is 688. The first kappa shape index (κ1) is 14.3. The maximum atomic E-state index is 13.6. The first-order chi connectivity index (χ1) is 9.40. The molecule has 0 fully saturated rings. The summed E-state index contributed by atoms with van der Waals surface area (Å²) in [4.78, 5) is 26.0. The molecule has 0 aliphatic rings. The second-order valence-corrected chi connectivity index (χ2v) is 4.50. The summed E-state index contributed by atoms with van der Waals surface area (Å²) in [5.74, 6) is -3.51. The zero-order valence-corrected chi connectivity index (χ0v) is 11.1. The van der Waals surface area contributed by atoms with E-state index in [1.807, 2.05) is 0 Å². The van der Waals surface area contributed by atoms with E-state index in [4.69, 9.17) is 0 Å². The molecular formula is C10H6BrF3N4O2. The number of aromatic nitrogens is 2. The average molecular weight is 351 g/mol. The van der Waals surface area contributed by atoms with E-state index >= 15 is 0 Å². The monoisotopic (exact) mass is 350 g/mol. The minimum atomic E-state index is -3.26. The number of halogens is 4. The summed E-state index contributed by atoms with van der Waals surface area (Å²) < 4.78 is 38.9. The van der Waals surface area contributed by atoms with Gasteiger partial charge in [-0.15, -0.1) is 0 Å². The Labute approximate surface area is 118 Å². The van der Waals surface area contributed by atoms with E-state index in [1.165, 1.54) is 17.7 Å². The molecule has 2 aromatic rings. The number of carbonyl (C=O) groups excluding carboxylic acids is 2. The number of hydrogen-bond acceptors (Lipinski definition) is 3. The summed E-state index contributed by atoms with van der Waals surface area (Å²) in [5.41, 5.74) is 3.30. The van der Waals surface area contributed by atoms with Gasteiger partial charge in [0.05, 0.1) is 6.20 Å². The number of pyridine rings is 1. The largest absolute Gasteiger partial charge is 0.317 e. The molecule has 0 bridgehead atoms. The third kappa shape index (κ3) is 2.74. The molecule has 2 amide bonds. The Hall–Kier alpha value is -2.10. The van der Waals surface area contributed by atoms with E-state index in [0.717, 1.165) is 10.6 Å². The van der Waals surface area contributed by atoms with Crippen LogP contribution in [0.15, 0.2) is 22.9 Å². The number of hydrogen-bond donors (Lipinski definition) is 2. The van der Waals surface area contributed by atoms with Crippen LogP contribution >= 0.6 is 15.9 Å². The predicted octanol–water partition coefficient (Wildman–Crippen LogP) is 1.26. The van der Waals surface area contributed by atoms with Crippen LogP contribution in [0.4, 0.5) is 13.2 Å². The molecular weight excluding hydrogens is 345 g/mol. The van der Waals surface area contributed by atoms with Crippen LogP contribution in [0.2, 0.25) is 0 Å². The second kappa shape index (κ2) is 5.49. The molecule has 0 radical (unpaired) electrons. The molecule has 0 saturated carbocycles. The first-order valence-corrected chi connectivity index (χ1v) is 5.90. The number of alkyl halides is 2. The Kier molecular flexibility index (Phi) is 3.93. The lowest BCUT2D eigenvalue weighted by Gasteiger charge is -2.06. The highest BCUT2D eigenvalue weighted by Gasteiger charge is 2.19. The number of imidazole rings is 1. The number of nitrogens with zero attached hydrogens (tertiary/aromatic N) is 2. The number of hydrazine groups is 1.